The van der Waals surface area contributed by atoms with E-state index in [-0.39, 0.29) is 5.41 Å². The van der Waals surface area contributed by atoms with E-state index in [1.54, 1.807) is 14.2 Å². The summed E-state index contributed by atoms with van der Waals surface area (Å²) < 4.78 is 11.0. The maximum absolute atomic E-state index is 5.58. The zero-order chi connectivity index (χ0) is 20.7. The molecular formula is C23H38N4O2. The fraction of sp³-hybridized carbons (Fsp3) is 0.696. The molecule has 2 N–H and O–H groups in total. The number of likely N-dealkylation sites (tertiary alicyclic amines) is 1. The van der Waals surface area contributed by atoms with Crippen molar-refractivity contribution in [2.24, 2.45) is 10.9 Å². The molecule has 1 atom stereocenters. The molecule has 0 amide bonds. The summed E-state index contributed by atoms with van der Waals surface area (Å²) in [6.45, 7) is 4.22. The Hall–Kier alpha value is -1.95. The van der Waals surface area contributed by atoms with Gasteiger partial charge < -0.3 is 25.0 Å². The number of ether oxygens (including phenoxy) is 2. The van der Waals surface area contributed by atoms with Crippen molar-refractivity contribution in [3.8, 4) is 11.5 Å². The van der Waals surface area contributed by atoms with Gasteiger partial charge in [-0.1, -0.05) is 25.3 Å². The van der Waals surface area contributed by atoms with Crippen LogP contribution in [0.15, 0.2) is 23.2 Å². The molecule has 0 aromatic heterocycles. The molecule has 2 aliphatic rings. The standard InChI is InChI=1S/C23H38N4O2/c1-24-22(25-15-18-10-13-27(2)16-18)26-17-23(11-6-5-7-12-23)19-8-9-20(28-3)21(14-19)29-4/h8-9,14,18H,5-7,10-13,15-17H2,1-4H3,(H2,24,25,26). The lowest BCUT2D eigenvalue weighted by Gasteiger charge is -2.38. The summed E-state index contributed by atoms with van der Waals surface area (Å²) in [6.07, 6.45) is 7.46. The highest BCUT2D eigenvalue weighted by Crippen LogP contribution is 2.42. The molecule has 1 saturated heterocycles. The number of guanidine groups is 1. The van der Waals surface area contributed by atoms with E-state index in [0.29, 0.717) is 5.92 Å². The SMILES string of the molecule is CN=C(NCC1CCN(C)C1)NCC1(c2ccc(OC)c(OC)c2)CCCCC1. The number of rotatable bonds is 7. The van der Waals surface area contributed by atoms with Crippen LogP contribution < -0.4 is 20.1 Å². The largest absolute Gasteiger partial charge is 0.493 e. The van der Waals surface area contributed by atoms with E-state index in [0.717, 1.165) is 30.5 Å². The Labute approximate surface area is 176 Å². The van der Waals surface area contributed by atoms with Crippen molar-refractivity contribution in [1.29, 1.82) is 0 Å². The first kappa shape index (κ1) is 21.8. The van der Waals surface area contributed by atoms with Crippen LogP contribution in [0.4, 0.5) is 0 Å². The molecule has 162 valence electrons. The number of benzene rings is 1. The molecule has 2 fully saturated rings. The number of nitrogens with one attached hydrogen (secondary N) is 2. The zero-order valence-electron chi connectivity index (χ0n) is 18.6. The maximum atomic E-state index is 5.58. The van der Waals surface area contributed by atoms with Crippen LogP contribution in [-0.2, 0) is 5.41 Å². The van der Waals surface area contributed by atoms with E-state index >= 15 is 0 Å². The van der Waals surface area contributed by atoms with E-state index in [9.17, 15) is 0 Å². The quantitative estimate of drug-likeness (QED) is 0.542. The second-order valence-corrected chi connectivity index (χ2v) is 8.63. The van der Waals surface area contributed by atoms with Gasteiger partial charge in [0.2, 0.25) is 0 Å². The Morgan fingerprint density at radius 1 is 1.14 bits per heavy atom. The van der Waals surface area contributed by atoms with Crippen LogP contribution in [-0.4, -0.2) is 65.4 Å². The van der Waals surface area contributed by atoms with E-state index < -0.39 is 0 Å². The highest BCUT2D eigenvalue weighted by Gasteiger charge is 2.35. The highest BCUT2D eigenvalue weighted by molar-refractivity contribution is 5.79. The van der Waals surface area contributed by atoms with Gasteiger partial charge in [0, 0.05) is 32.1 Å². The number of methoxy groups -OCH3 is 2. The topological polar surface area (TPSA) is 58.1 Å². The molecule has 6 nitrogen and oxygen atoms in total. The Morgan fingerprint density at radius 3 is 2.52 bits per heavy atom. The minimum absolute atomic E-state index is 0.100. The molecule has 1 unspecified atom stereocenters. The fourth-order valence-electron chi connectivity index (χ4n) is 4.87. The van der Waals surface area contributed by atoms with Gasteiger partial charge in [-0.3, -0.25) is 4.99 Å². The third-order valence-electron chi connectivity index (χ3n) is 6.67. The minimum Gasteiger partial charge on any atom is -0.493 e. The summed E-state index contributed by atoms with van der Waals surface area (Å²) in [6, 6.07) is 6.41. The molecule has 3 rings (SSSR count). The van der Waals surface area contributed by atoms with E-state index in [1.165, 1.54) is 57.2 Å². The van der Waals surface area contributed by atoms with Gasteiger partial charge in [0.05, 0.1) is 14.2 Å². The zero-order valence-corrected chi connectivity index (χ0v) is 18.6. The molecule has 0 radical (unpaired) electrons. The molecule has 0 bridgehead atoms. The molecule has 1 aromatic rings. The Kier molecular flexibility index (Phi) is 7.64. The number of hydrogen-bond donors (Lipinski definition) is 2. The van der Waals surface area contributed by atoms with Crippen molar-refractivity contribution in [3.05, 3.63) is 23.8 Å². The maximum Gasteiger partial charge on any atom is 0.191 e. The fourth-order valence-corrected chi connectivity index (χ4v) is 4.87. The predicted octanol–water partition coefficient (Wildman–Crippen LogP) is 3.02. The minimum atomic E-state index is 0.100. The van der Waals surface area contributed by atoms with Gasteiger partial charge in [-0.25, -0.2) is 0 Å². The van der Waals surface area contributed by atoms with Crippen LogP contribution >= 0.6 is 0 Å². The summed E-state index contributed by atoms with van der Waals surface area (Å²) in [5.41, 5.74) is 1.43. The molecule has 1 aromatic carbocycles. The third-order valence-corrected chi connectivity index (χ3v) is 6.67. The first-order valence-corrected chi connectivity index (χ1v) is 11.0. The molecule has 1 heterocycles. The Bertz CT molecular complexity index is 685. The average Bonchev–Trinajstić information content (AvgIpc) is 3.19. The van der Waals surface area contributed by atoms with Gasteiger partial charge >= 0.3 is 0 Å². The van der Waals surface area contributed by atoms with Crippen molar-refractivity contribution >= 4 is 5.96 Å². The van der Waals surface area contributed by atoms with Crippen LogP contribution in [0.5, 0.6) is 11.5 Å². The summed E-state index contributed by atoms with van der Waals surface area (Å²) in [5.74, 6) is 3.20. The molecule has 1 saturated carbocycles. The van der Waals surface area contributed by atoms with Crippen LogP contribution in [0, 0.1) is 5.92 Å². The van der Waals surface area contributed by atoms with Crippen LogP contribution in [0.3, 0.4) is 0 Å². The van der Waals surface area contributed by atoms with Gasteiger partial charge in [-0.15, -0.1) is 0 Å². The summed E-state index contributed by atoms with van der Waals surface area (Å²) in [7, 11) is 7.45. The lowest BCUT2D eigenvalue weighted by atomic mass is 9.69. The Morgan fingerprint density at radius 2 is 1.90 bits per heavy atom. The van der Waals surface area contributed by atoms with Crippen molar-refractivity contribution < 1.29 is 9.47 Å². The number of hydrogen-bond acceptors (Lipinski definition) is 4. The summed E-state index contributed by atoms with van der Waals surface area (Å²) in [4.78, 5) is 6.87. The molecular weight excluding hydrogens is 364 g/mol. The molecule has 0 spiro atoms. The average molecular weight is 403 g/mol. The van der Waals surface area contributed by atoms with Crippen molar-refractivity contribution in [1.82, 2.24) is 15.5 Å². The van der Waals surface area contributed by atoms with Gasteiger partial charge in [-0.2, -0.15) is 0 Å². The molecule has 6 heteroatoms. The molecule has 1 aliphatic carbocycles. The normalized spacial score (nSPS) is 22.3. The van der Waals surface area contributed by atoms with Crippen LogP contribution in [0.1, 0.15) is 44.1 Å². The van der Waals surface area contributed by atoms with Gasteiger partial charge in [0.1, 0.15) is 0 Å². The molecule has 1 aliphatic heterocycles. The van der Waals surface area contributed by atoms with Crippen molar-refractivity contribution in [3.63, 3.8) is 0 Å². The lowest BCUT2D eigenvalue weighted by molar-refractivity contribution is 0.288. The Balaban J connectivity index is 1.68. The summed E-state index contributed by atoms with van der Waals surface area (Å²) >= 11 is 0. The number of aliphatic imine (C=N–C) groups is 1. The molecule has 29 heavy (non-hydrogen) atoms. The van der Waals surface area contributed by atoms with Crippen molar-refractivity contribution in [2.75, 3.05) is 54.5 Å². The van der Waals surface area contributed by atoms with Crippen LogP contribution in [0.2, 0.25) is 0 Å². The van der Waals surface area contributed by atoms with Crippen molar-refractivity contribution in [2.45, 2.75) is 43.9 Å². The van der Waals surface area contributed by atoms with Crippen LogP contribution in [0.25, 0.3) is 0 Å². The lowest BCUT2D eigenvalue weighted by Crippen LogP contribution is -2.47. The van der Waals surface area contributed by atoms with Gasteiger partial charge in [-0.05, 0) is 56.5 Å². The monoisotopic (exact) mass is 402 g/mol. The smallest absolute Gasteiger partial charge is 0.191 e. The van der Waals surface area contributed by atoms with E-state index in [4.69, 9.17) is 9.47 Å². The second-order valence-electron chi connectivity index (χ2n) is 8.63. The van der Waals surface area contributed by atoms with E-state index in [1.807, 2.05) is 13.1 Å². The first-order valence-electron chi connectivity index (χ1n) is 11.0. The van der Waals surface area contributed by atoms with E-state index in [2.05, 4.69) is 39.7 Å². The first-order chi connectivity index (χ1) is 14.1. The van der Waals surface area contributed by atoms with Gasteiger partial charge in [0.25, 0.3) is 0 Å². The third kappa shape index (κ3) is 5.35. The second kappa shape index (κ2) is 10.2. The summed E-state index contributed by atoms with van der Waals surface area (Å²) in [5, 5.41) is 7.18. The highest BCUT2D eigenvalue weighted by atomic mass is 16.5. The predicted molar refractivity (Wildman–Crippen MR) is 119 cm³/mol. The van der Waals surface area contributed by atoms with Gasteiger partial charge in [0.15, 0.2) is 17.5 Å². The number of nitrogens with zero attached hydrogens (tertiary/aromatic N) is 2.